The molecule has 138 valence electrons. The van der Waals surface area contributed by atoms with Crippen molar-refractivity contribution in [3.63, 3.8) is 0 Å². The summed E-state index contributed by atoms with van der Waals surface area (Å²) in [5.74, 6) is -0.633. The molecule has 0 saturated heterocycles. The van der Waals surface area contributed by atoms with Crippen molar-refractivity contribution in [1.29, 1.82) is 0 Å². The molecule has 0 atom stereocenters. The van der Waals surface area contributed by atoms with Crippen molar-refractivity contribution in [1.82, 2.24) is 9.97 Å². The molecule has 8 nitrogen and oxygen atoms in total. The van der Waals surface area contributed by atoms with Gasteiger partial charge in [0.1, 0.15) is 10.3 Å². The molecule has 4 rings (SSSR count). The summed E-state index contributed by atoms with van der Waals surface area (Å²) in [6, 6.07) is 6.90. The molecule has 27 heavy (non-hydrogen) atoms. The lowest BCUT2D eigenvalue weighted by atomic mass is 10.3. The van der Waals surface area contributed by atoms with Crippen LogP contribution in [0.4, 0.5) is 20.0 Å². The van der Waals surface area contributed by atoms with E-state index in [-0.39, 0.29) is 29.1 Å². The first kappa shape index (κ1) is 17.2. The van der Waals surface area contributed by atoms with E-state index in [0.717, 1.165) is 18.9 Å². The molecule has 1 saturated carbocycles. The zero-order chi connectivity index (χ0) is 19.0. The first-order chi connectivity index (χ1) is 13.0. The minimum atomic E-state index is -1.29. The van der Waals surface area contributed by atoms with Gasteiger partial charge in [-0.05, 0) is 31.0 Å². The fraction of sp³-hybridized carbons (Fsp3) is 0.176. The molecule has 0 bridgehead atoms. The Morgan fingerprint density at radius 1 is 1.19 bits per heavy atom. The third-order valence-electron chi connectivity index (χ3n) is 3.81. The van der Waals surface area contributed by atoms with Crippen molar-refractivity contribution >= 4 is 44.5 Å². The summed E-state index contributed by atoms with van der Waals surface area (Å²) in [5, 5.41) is 13.9. The molecule has 0 radical (unpaired) electrons. The molecular formula is C17H13FN4O4S. The van der Waals surface area contributed by atoms with Gasteiger partial charge in [-0.3, -0.25) is 10.1 Å². The highest BCUT2D eigenvalue weighted by molar-refractivity contribution is 7.21. The molecule has 10 heteroatoms. The number of rotatable bonds is 5. The Hall–Kier alpha value is -3.27. The molecule has 1 fully saturated rings. The van der Waals surface area contributed by atoms with Crippen molar-refractivity contribution in [2.75, 3.05) is 10.6 Å². The Morgan fingerprint density at radius 2 is 2.00 bits per heavy atom. The quantitative estimate of drug-likeness (QED) is 0.607. The number of nitrogens with zero attached hydrogens (tertiary/aromatic N) is 2. The Balaban J connectivity index is 1.51. The van der Waals surface area contributed by atoms with Gasteiger partial charge in [0.2, 0.25) is 11.8 Å². The van der Waals surface area contributed by atoms with Gasteiger partial charge >= 0.3 is 6.09 Å². The molecule has 3 aromatic rings. The van der Waals surface area contributed by atoms with Gasteiger partial charge in [0.15, 0.2) is 16.7 Å². The minimum Gasteiger partial charge on any atom is -0.465 e. The van der Waals surface area contributed by atoms with Gasteiger partial charge in [-0.1, -0.05) is 11.3 Å². The zero-order valence-corrected chi connectivity index (χ0v) is 14.5. The molecular weight excluding hydrogens is 375 g/mol. The summed E-state index contributed by atoms with van der Waals surface area (Å²) >= 11 is 1.21. The second kappa shape index (κ2) is 6.80. The molecule has 1 aromatic carbocycles. The monoisotopic (exact) mass is 388 g/mol. The molecule has 2 aromatic heterocycles. The number of fused-ring (bicyclic) bond motifs is 1. The lowest BCUT2D eigenvalue weighted by Crippen LogP contribution is -2.12. The highest BCUT2D eigenvalue weighted by Crippen LogP contribution is 2.33. The van der Waals surface area contributed by atoms with Crippen LogP contribution in [-0.4, -0.2) is 27.1 Å². The summed E-state index contributed by atoms with van der Waals surface area (Å²) in [7, 11) is 0. The Morgan fingerprint density at radius 3 is 2.70 bits per heavy atom. The number of aromatic nitrogens is 2. The SMILES string of the molecule is O=C(O)Nc1ccc(Oc2ccc3nc(NC(=O)C4CC4)sc3n2)c(F)c1. The maximum atomic E-state index is 14.1. The standard InChI is InChI=1S/C17H13FN4O4S/c18-10-7-9(19-17(24)25)3-5-12(10)26-13-6-4-11-15(21-13)27-16(20-11)22-14(23)8-1-2-8/h3-8,19H,1-2H2,(H,24,25)(H,20,22,23). The van der Waals surface area contributed by atoms with Crippen LogP contribution < -0.4 is 15.4 Å². The van der Waals surface area contributed by atoms with E-state index in [9.17, 15) is 14.0 Å². The molecule has 2 amide bonds. The van der Waals surface area contributed by atoms with Gasteiger partial charge in [0.25, 0.3) is 0 Å². The van der Waals surface area contributed by atoms with Crippen LogP contribution in [0.1, 0.15) is 12.8 Å². The lowest BCUT2D eigenvalue weighted by Gasteiger charge is -2.07. The molecule has 0 spiro atoms. The number of pyridine rings is 1. The molecule has 0 unspecified atom stereocenters. The number of halogens is 1. The second-order valence-corrected chi connectivity index (χ2v) is 6.91. The predicted molar refractivity (Wildman–Crippen MR) is 96.9 cm³/mol. The topological polar surface area (TPSA) is 113 Å². The van der Waals surface area contributed by atoms with E-state index in [4.69, 9.17) is 9.84 Å². The number of hydrogen-bond acceptors (Lipinski definition) is 6. The van der Waals surface area contributed by atoms with Crippen molar-refractivity contribution in [2.45, 2.75) is 12.8 Å². The molecule has 2 heterocycles. The summed E-state index contributed by atoms with van der Waals surface area (Å²) < 4.78 is 19.5. The second-order valence-electron chi connectivity index (χ2n) is 5.93. The highest BCUT2D eigenvalue weighted by atomic mass is 32.1. The Kier molecular flexibility index (Phi) is 4.32. The fourth-order valence-corrected chi connectivity index (χ4v) is 3.19. The van der Waals surface area contributed by atoms with Gasteiger partial charge in [-0.25, -0.2) is 19.2 Å². The van der Waals surface area contributed by atoms with Crippen LogP contribution in [0, 0.1) is 11.7 Å². The summed E-state index contributed by atoms with van der Waals surface area (Å²) in [6.45, 7) is 0. The van der Waals surface area contributed by atoms with Gasteiger partial charge in [0.05, 0.1) is 0 Å². The van der Waals surface area contributed by atoms with Crippen molar-refractivity contribution in [3.05, 3.63) is 36.1 Å². The number of ether oxygens (including phenoxy) is 1. The molecule has 1 aliphatic rings. The third kappa shape index (κ3) is 3.95. The number of nitrogens with one attached hydrogen (secondary N) is 2. The first-order valence-corrected chi connectivity index (χ1v) is 8.85. The van der Waals surface area contributed by atoms with Crippen LogP contribution in [0.2, 0.25) is 0 Å². The van der Waals surface area contributed by atoms with Gasteiger partial charge in [-0.15, -0.1) is 0 Å². The maximum Gasteiger partial charge on any atom is 0.409 e. The van der Waals surface area contributed by atoms with Crippen LogP contribution in [-0.2, 0) is 4.79 Å². The number of carboxylic acid groups (broad SMARTS) is 1. The predicted octanol–water partition coefficient (Wildman–Crippen LogP) is 4.06. The van der Waals surface area contributed by atoms with E-state index in [1.165, 1.54) is 29.5 Å². The number of benzene rings is 1. The maximum absolute atomic E-state index is 14.1. The van der Waals surface area contributed by atoms with Gasteiger partial charge < -0.3 is 15.2 Å². The molecule has 0 aliphatic heterocycles. The van der Waals surface area contributed by atoms with Crippen LogP contribution >= 0.6 is 11.3 Å². The number of amides is 2. The van der Waals surface area contributed by atoms with Crippen LogP contribution in [0.5, 0.6) is 11.6 Å². The lowest BCUT2D eigenvalue weighted by molar-refractivity contribution is -0.117. The van der Waals surface area contributed by atoms with E-state index < -0.39 is 11.9 Å². The van der Waals surface area contributed by atoms with E-state index in [2.05, 4.69) is 20.6 Å². The largest absolute Gasteiger partial charge is 0.465 e. The van der Waals surface area contributed by atoms with Crippen molar-refractivity contribution < 1.29 is 23.8 Å². The molecule has 3 N–H and O–H groups in total. The Labute approximate surface area is 156 Å². The van der Waals surface area contributed by atoms with Crippen molar-refractivity contribution in [3.8, 4) is 11.6 Å². The number of carbonyl (C=O) groups excluding carboxylic acids is 1. The van der Waals surface area contributed by atoms with Gasteiger partial charge in [-0.2, -0.15) is 0 Å². The Bertz CT molecular complexity index is 1050. The van der Waals surface area contributed by atoms with Crippen LogP contribution in [0.3, 0.4) is 0 Å². The number of hydrogen-bond donors (Lipinski definition) is 3. The summed E-state index contributed by atoms with van der Waals surface area (Å²) in [4.78, 5) is 31.5. The van der Waals surface area contributed by atoms with Gasteiger partial charge in [0, 0.05) is 23.7 Å². The molecule has 1 aliphatic carbocycles. The minimum absolute atomic E-state index is 0.0392. The number of anilines is 2. The fourth-order valence-electron chi connectivity index (χ4n) is 2.36. The summed E-state index contributed by atoms with van der Waals surface area (Å²) in [6.07, 6.45) is 0.517. The average molecular weight is 388 g/mol. The smallest absolute Gasteiger partial charge is 0.409 e. The first-order valence-electron chi connectivity index (χ1n) is 8.04. The van der Waals surface area contributed by atoms with E-state index in [1.54, 1.807) is 6.07 Å². The highest BCUT2D eigenvalue weighted by Gasteiger charge is 2.30. The zero-order valence-electron chi connectivity index (χ0n) is 13.7. The average Bonchev–Trinajstić information content (AvgIpc) is 3.38. The number of thiazole rings is 1. The normalized spacial score (nSPS) is 13.4. The van der Waals surface area contributed by atoms with Crippen LogP contribution in [0.25, 0.3) is 10.3 Å². The van der Waals surface area contributed by atoms with Crippen LogP contribution in [0.15, 0.2) is 30.3 Å². The van der Waals surface area contributed by atoms with E-state index >= 15 is 0 Å². The third-order valence-corrected chi connectivity index (χ3v) is 4.69. The summed E-state index contributed by atoms with van der Waals surface area (Å²) in [5.41, 5.74) is 0.689. The van der Waals surface area contributed by atoms with Crippen molar-refractivity contribution in [2.24, 2.45) is 5.92 Å². The van der Waals surface area contributed by atoms with E-state index in [1.807, 2.05) is 0 Å². The number of carbonyl (C=O) groups is 2. The van der Waals surface area contributed by atoms with E-state index in [0.29, 0.717) is 15.5 Å².